The van der Waals surface area contributed by atoms with Gasteiger partial charge in [0.05, 0.1) is 32.8 Å². The number of nitrogens with zero attached hydrogens (tertiary/aromatic N) is 1. The largest absolute Gasteiger partial charge is 0.481 e. The molecule has 0 saturated carbocycles. The lowest BCUT2D eigenvalue weighted by Crippen LogP contribution is -2.49. The summed E-state index contributed by atoms with van der Waals surface area (Å²) in [6.45, 7) is 1.05. The molecule has 0 aromatic rings. The quantitative estimate of drug-likeness (QED) is 0.679. The molecule has 1 saturated heterocycles. The zero-order valence-electron chi connectivity index (χ0n) is 7.93. The summed E-state index contributed by atoms with van der Waals surface area (Å²) < 4.78 is 9.64. The fourth-order valence-electron chi connectivity index (χ4n) is 1.38. The highest BCUT2D eigenvalue weighted by atomic mass is 16.5. The number of aliphatic carboxylic acids is 1. The smallest absolute Gasteiger partial charge is 0.409 e. The Hall–Kier alpha value is -1.30. The van der Waals surface area contributed by atoms with Crippen LogP contribution >= 0.6 is 0 Å². The SMILES string of the molecule is COC(=O)N1CCOCC1CC(=O)O. The van der Waals surface area contributed by atoms with Gasteiger partial charge >= 0.3 is 12.1 Å². The van der Waals surface area contributed by atoms with E-state index in [9.17, 15) is 9.59 Å². The van der Waals surface area contributed by atoms with Crippen LogP contribution in [0.15, 0.2) is 0 Å². The molecule has 1 heterocycles. The average molecular weight is 203 g/mol. The van der Waals surface area contributed by atoms with Crippen molar-refractivity contribution in [3.05, 3.63) is 0 Å². The van der Waals surface area contributed by atoms with Crippen molar-refractivity contribution in [1.82, 2.24) is 4.90 Å². The van der Waals surface area contributed by atoms with Gasteiger partial charge in [-0.3, -0.25) is 4.79 Å². The Morgan fingerprint density at radius 3 is 2.93 bits per heavy atom. The van der Waals surface area contributed by atoms with Crippen molar-refractivity contribution in [3.8, 4) is 0 Å². The molecule has 1 aliphatic rings. The van der Waals surface area contributed by atoms with Crippen molar-refractivity contribution in [2.75, 3.05) is 26.9 Å². The van der Waals surface area contributed by atoms with Crippen LogP contribution in [0.25, 0.3) is 0 Å². The number of carboxylic acids is 1. The summed E-state index contributed by atoms with van der Waals surface area (Å²) >= 11 is 0. The minimum absolute atomic E-state index is 0.116. The molecule has 14 heavy (non-hydrogen) atoms. The molecule has 0 bridgehead atoms. The van der Waals surface area contributed by atoms with Gasteiger partial charge in [-0.1, -0.05) is 0 Å². The topological polar surface area (TPSA) is 76.1 Å². The van der Waals surface area contributed by atoms with Crippen LogP contribution in [0.3, 0.4) is 0 Å². The number of methoxy groups -OCH3 is 1. The number of rotatable bonds is 2. The second-order valence-electron chi connectivity index (χ2n) is 2.99. The minimum Gasteiger partial charge on any atom is -0.481 e. The van der Waals surface area contributed by atoms with Gasteiger partial charge in [-0.15, -0.1) is 0 Å². The molecule has 0 aromatic heterocycles. The summed E-state index contributed by atoms with van der Waals surface area (Å²) in [5, 5.41) is 8.60. The van der Waals surface area contributed by atoms with Crippen molar-refractivity contribution in [2.45, 2.75) is 12.5 Å². The lowest BCUT2D eigenvalue weighted by molar-refractivity contribution is -0.139. The first-order chi connectivity index (χ1) is 6.65. The molecule has 1 aliphatic heterocycles. The fourth-order valence-corrected chi connectivity index (χ4v) is 1.38. The van der Waals surface area contributed by atoms with Crippen LogP contribution in [0.1, 0.15) is 6.42 Å². The van der Waals surface area contributed by atoms with Crippen LogP contribution in [0.5, 0.6) is 0 Å². The molecule has 1 fully saturated rings. The maximum Gasteiger partial charge on any atom is 0.409 e. The van der Waals surface area contributed by atoms with E-state index < -0.39 is 18.1 Å². The standard InChI is InChI=1S/C8H13NO5/c1-13-8(12)9-2-3-14-5-6(9)4-7(10)11/h6H,2-5H2,1H3,(H,10,11). The molecule has 0 spiro atoms. The Balaban J connectivity index is 2.58. The predicted octanol–water partition coefficient (Wildman–Crippen LogP) is -0.0717. The van der Waals surface area contributed by atoms with E-state index in [1.54, 1.807) is 0 Å². The zero-order valence-corrected chi connectivity index (χ0v) is 7.93. The Labute approximate surface area is 81.4 Å². The molecule has 0 aromatic carbocycles. The van der Waals surface area contributed by atoms with E-state index in [1.807, 2.05) is 0 Å². The molecule has 1 unspecified atom stereocenters. The summed E-state index contributed by atoms with van der Waals surface area (Å²) in [4.78, 5) is 23.1. The van der Waals surface area contributed by atoms with Gasteiger partial charge in [0.25, 0.3) is 0 Å². The molecular weight excluding hydrogens is 190 g/mol. The van der Waals surface area contributed by atoms with Gasteiger partial charge < -0.3 is 19.5 Å². The van der Waals surface area contributed by atoms with Crippen LogP contribution in [-0.2, 0) is 14.3 Å². The number of morpholine rings is 1. The van der Waals surface area contributed by atoms with E-state index in [-0.39, 0.29) is 13.0 Å². The molecule has 1 atom stereocenters. The van der Waals surface area contributed by atoms with Crippen molar-refractivity contribution < 1.29 is 24.2 Å². The van der Waals surface area contributed by atoms with Crippen LogP contribution in [0, 0.1) is 0 Å². The third-order valence-corrected chi connectivity index (χ3v) is 2.05. The van der Waals surface area contributed by atoms with Crippen molar-refractivity contribution in [3.63, 3.8) is 0 Å². The van der Waals surface area contributed by atoms with Crippen LogP contribution < -0.4 is 0 Å². The van der Waals surface area contributed by atoms with Gasteiger partial charge in [-0.05, 0) is 0 Å². The molecule has 1 amide bonds. The number of carbonyl (C=O) groups is 2. The molecule has 0 radical (unpaired) electrons. The maximum atomic E-state index is 11.2. The molecule has 1 N–H and O–H groups in total. The minimum atomic E-state index is -0.950. The van der Waals surface area contributed by atoms with Gasteiger partial charge in [-0.2, -0.15) is 0 Å². The van der Waals surface area contributed by atoms with E-state index >= 15 is 0 Å². The van der Waals surface area contributed by atoms with Crippen LogP contribution in [0.4, 0.5) is 4.79 Å². The highest BCUT2D eigenvalue weighted by Crippen LogP contribution is 2.11. The maximum absolute atomic E-state index is 11.2. The summed E-state index contributed by atoms with van der Waals surface area (Å²) in [6, 6.07) is -0.423. The number of amides is 1. The van der Waals surface area contributed by atoms with E-state index in [0.717, 1.165) is 0 Å². The van der Waals surface area contributed by atoms with E-state index in [1.165, 1.54) is 12.0 Å². The van der Waals surface area contributed by atoms with Crippen LogP contribution in [0.2, 0.25) is 0 Å². The monoisotopic (exact) mass is 203 g/mol. The number of carboxylic acid groups (broad SMARTS) is 1. The normalized spacial score (nSPS) is 21.8. The second-order valence-corrected chi connectivity index (χ2v) is 2.99. The first kappa shape index (κ1) is 10.8. The Bertz CT molecular complexity index is 230. The first-order valence-electron chi connectivity index (χ1n) is 4.29. The Morgan fingerprint density at radius 2 is 2.36 bits per heavy atom. The third kappa shape index (κ3) is 2.59. The molecule has 0 aliphatic carbocycles. The van der Waals surface area contributed by atoms with E-state index in [2.05, 4.69) is 4.74 Å². The molecule has 1 rings (SSSR count). The average Bonchev–Trinajstić information content (AvgIpc) is 2.16. The van der Waals surface area contributed by atoms with Crippen LogP contribution in [-0.4, -0.2) is 55.0 Å². The lowest BCUT2D eigenvalue weighted by Gasteiger charge is -2.33. The highest BCUT2D eigenvalue weighted by Gasteiger charge is 2.29. The van der Waals surface area contributed by atoms with E-state index in [0.29, 0.717) is 13.2 Å². The molecule has 6 heteroatoms. The lowest BCUT2D eigenvalue weighted by atomic mass is 10.2. The number of hydrogen-bond acceptors (Lipinski definition) is 4. The first-order valence-corrected chi connectivity index (χ1v) is 4.29. The summed E-state index contributed by atoms with van der Waals surface area (Å²) in [7, 11) is 1.27. The predicted molar refractivity (Wildman–Crippen MR) is 46.0 cm³/mol. The highest BCUT2D eigenvalue weighted by molar-refractivity contribution is 5.71. The molecule has 6 nitrogen and oxygen atoms in total. The van der Waals surface area contributed by atoms with Gasteiger partial charge in [0.2, 0.25) is 0 Å². The van der Waals surface area contributed by atoms with Gasteiger partial charge in [0, 0.05) is 6.54 Å². The Kier molecular flexibility index (Phi) is 3.70. The Morgan fingerprint density at radius 1 is 1.64 bits per heavy atom. The zero-order chi connectivity index (χ0) is 10.6. The van der Waals surface area contributed by atoms with Gasteiger partial charge in [0.1, 0.15) is 0 Å². The second kappa shape index (κ2) is 4.80. The van der Waals surface area contributed by atoms with E-state index in [4.69, 9.17) is 9.84 Å². The summed E-state index contributed by atoms with van der Waals surface area (Å²) in [5.74, 6) is -0.950. The third-order valence-electron chi connectivity index (χ3n) is 2.05. The molecule has 80 valence electrons. The van der Waals surface area contributed by atoms with Gasteiger partial charge in [-0.25, -0.2) is 4.79 Å². The summed E-state index contributed by atoms with van der Waals surface area (Å²) in [5.41, 5.74) is 0. The van der Waals surface area contributed by atoms with Crippen molar-refractivity contribution >= 4 is 12.1 Å². The molecular formula is C8H13NO5. The number of carbonyl (C=O) groups excluding carboxylic acids is 1. The van der Waals surface area contributed by atoms with Gasteiger partial charge in [0.15, 0.2) is 0 Å². The number of ether oxygens (including phenoxy) is 2. The summed E-state index contributed by atoms with van der Waals surface area (Å²) in [6.07, 6.45) is -0.616. The fraction of sp³-hybridized carbons (Fsp3) is 0.750. The van der Waals surface area contributed by atoms with Crippen molar-refractivity contribution in [2.24, 2.45) is 0 Å². The number of hydrogen-bond donors (Lipinski definition) is 1. The van der Waals surface area contributed by atoms with Crippen molar-refractivity contribution in [1.29, 1.82) is 0 Å².